The van der Waals surface area contributed by atoms with Crippen molar-refractivity contribution in [2.45, 2.75) is 4.90 Å². The quantitative estimate of drug-likeness (QED) is 0.709. The number of hydrogen-bond donors (Lipinski definition) is 1. The van der Waals surface area contributed by atoms with Gasteiger partial charge in [0, 0.05) is 12.6 Å². The topological polar surface area (TPSA) is 88.1 Å². The molecular formula is C16H12FN5O2S. The van der Waals surface area contributed by atoms with Crippen molar-refractivity contribution in [3.05, 3.63) is 54.7 Å². The predicted molar refractivity (Wildman–Crippen MR) is 90.5 cm³/mol. The van der Waals surface area contributed by atoms with E-state index in [2.05, 4.69) is 20.3 Å². The zero-order valence-electron chi connectivity index (χ0n) is 13.0. The number of nitrogens with one attached hydrogen (secondary N) is 1. The van der Waals surface area contributed by atoms with Crippen molar-refractivity contribution in [3.8, 4) is 11.3 Å². The molecule has 1 N–H and O–H groups in total. The van der Waals surface area contributed by atoms with Crippen molar-refractivity contribution >= 4 is 27.3 Å². The number of nitrogens with zero attached hydrogens (tertiary/aromatic N) is 4. The second-order valence-electron chi connectivity index (χ2n) is 5.39. The van der Waals surface area contributed by atoms with Crippen molar-refractivity contribution in [2.24, 2.45) is 0 Å². The maximum absolute atomic E-state index is 12.9. The Morgan fingerprint density at radius 3 is 2.64 bits per heavy atom. The molecule has 1 aliphatic rings. The number of sulfonamides is 1. The van der Waals surface area contributed by atoms with Gasteiger partial charge >= 0.3 is 0 Å². The minimum Gasteiger partial charge on any atom is -0.323 e. The summed E-state index contributed by atoms with van der Waals surface area (Å²) in [6.07, 6.45) is 2.76. The van der Waals surface area contributed by atoms with Gasteiger partial charge in [0.1, 0.15) is 5.69 Å². The fourth-order valence-corrected chi connectivity index (χ4v) is 3.99. The molecule has 3 heterocycles. The zero-order valence-corrected chi connectivity index (χ0v) is 13.8. The number of pyridine rings is 1. The van der Waals surface area contributed by atoms with Crippen LogP contribution in [0.15, 0.2) is 53.7 Å². The van der Waals surface area contributed by atoms with Crippen molar-refractivity contribution < 1.29 is 12.8 Å². The maximum atomic E-state index is 12.9. The molecule has 4 rings (SSSR count). The number of benzene rings is 1. The van der Waals surface area contributed by atoms with E-state index in [1.54, 1.807) is 24.3 Å². The molecule has 9 heteroatoms. The first-order valence-electron chi connectivity index (χ1n) is 7.31. The summed E-state index contributed by atoms with van der Waals surface area (Å²) < 4.78 is 39.2. The first-order chi connectivity index (χ1) is 12.0. The Hall–Kier alpha value is -3.07. The normalized spacial score (nSPS) is 14.6. The molecule has 0 saturated carbocycles. The Balaban J connectivity index is 1.82. The number of hydrogen-bond acceptors (Lipinski definition) is 6. The molecule has 2 aromatic heterocycles. The van der Waals surface area contributed by atoms with E-state index in [1.807, 2.05) is 0 Å². The molecule has 3 aromatic rings. The standard InChI is InChI=1S/C16H12FN5O2S/c1-22-12-9-19-16(20-10-6-7-14(17)18-8-10)21-15(12)11-4-2-3-5-13(11)25(22,23)24/h2-9H,1H3,(H,19,20,21). The van der Waals surface area contributed by atoms with Gasteiger partial charge in [0.2, 0.25) is 11.9 Å². The van der Waals surface area contributed by atoms with Crippen LogP contribution in [0, 0.1) is 5.95 Å². The summed E-state index contributed by atoms with van der Waals surface area (Å²) in [4.78, 5) is 12.3. The van der Waals surface area contributed by atoms with Gasteiger partial charge < -0.3 is 5.32 Å². The fourth-order valence-electron chi connectivity index (χ4n) is 2.61. The molecule has 7 nitrogen and oxygen atoms in total. The minimum atomic E-state index is -3.63. The van der Waals surface area contributed by atoms with Crippen LogP contribution in [0.25, 0.3) is 11.3 Å². The van der Waals surface area contributed by atoms with Gasteiger partial charge in [-0.2, -0.15) is 4.39 Å². The van der Waals surface area contributed by atoms with Crippen molar-refractivity contribution in [2.75, 3.05) is 16.7 Å². The van der Waals surface area contributed by atoms with Crippen LogP contribution in [0.4, 0.5) is 21.7 Å². The molecule has 1 aliphatic heterocycles. The maximum Gasteiger partial charge on any atom is 0.264 e. The first-order valence-corrected chi connectivity index (χ1v) is 8.75. The van der Waals surface area contributed by atoms with E-state index in [-0.39, 0.29) is 10.8 Å². The third kappa shape index (κ3) is 2.49. The molecular weight excluding hydrogens is 345 g/mol. The monoisotopic (exact) mass is 357 g/mol. The summed E-state index contributed by atoms with van der Waals surface area (Å²) in [7, 11) is -2.17. The molecule has 25 heavy (non-hydrogen) atoms. The Morgan fingerprint density at radius 2 is 1.88 bits per heavy atom. The lowest BCUT2D eigenvalue weighted by atomic mass is 10.1. The van der Waals surface area contributed by atoms with Crippen LogP contribution in [0.3, 0.4) is 0 Å². The number of aromatic nitrogens is 3. The lowest BCUT2D eigenvalue weighted by Gasteiger charge is -2.28. The van der Waals surface area contributed by atoms with Crippen LogP contribution in [-0.4, -0.2) is 30.4 Å². The molecule has 0 bridgehead atoms. The molecule has 1 aromatic carbocycles. The fraction of sp³-hybridized carbons (Fsp3) is 0.0625. The van der Waals surface area contributed by atoms with E-state index >= 15 is 0 Å². The Kier molecular flexibility index (Phi) is 3.39. The predicted octanol–water partition coefficient (Wildman–Crippen LogP) is 2.56. The van der Waals surface area contributed by atoms with Gasteiger partial charge in [-0.05, 0) is 18.2 Å². The average Bonchev–Trinajstić information content (AvgIpc) is 2.62. The highest BCUT2D eigenvalue weighted by Gasteiger charge is 2.33. The number of halogens is 1. The van der Waals surface area contributed by atoms with Gasteiger partial charge in [-0.25, -0.2) is 23.4 Å². The van der Waals surface area contributed by atoms with Gasteiger partial charge in [-0.15, -0.1) is 0 Å². The summed E-state index contributed by atoms with van der Waals surface area (Å²) >= 11 is 0. The van der Waals surface area contributed by atoms with E-state index in [1.165, 1.54) is 31.6 Å². The highest BCUT2D eigenvalue weighted by atomic mass is 32.2. The zero-order chi connectivity index (χ0) is 17.6. The van der Waals surface area contributed by atoms with E-state index in [9.17, 15) is 12.8 Å². The molecule has 126 valence electrons. The minimum absolute atomic E-state index is 0.193. The summed E-state index contributed by atoms with van der Waals surface area (Å²) in [5, 5.41) is 2.93. The van der Waals surface area contributed by atoms with Gasteiger partial charge in [-0.3, -0.25) is 4.31 Å². The highest BCUT2D eigenvalue weighted by Crippen LogP contribution is 2.40. The van der Waals surface area contributed by atoms with Crippen LogP contribution < -0.4 is 9.62 Å². The lowest BCUT2D eigenvalue weighted by Crippen LogP contribution is -2.31. The third-order valence-electron chi connectivity index (χ3n) is 3.87. The molecule has 0 amide bonds. The van der Waals surface area contributed by atoms with Crippen LogP contribution in [0.5, 0.6) is 0 Å². The summed E-state index contributed by atoms with van der Waals surface area (Å²) in [6.45, 7) is 0. The number of anilines is 3. The van der Waals surface area contributed by atoms with Gasteiger partial charge in [0.05, 0.1) is 28.7 Å². The van der Waals surface area contributed by atoms with Crippen LogP contribution >= 0.6 is 0 Å². The van der Waals surface area contributed by atoms with Gasteiger partial charge in [0.15, 0.2) is 0 Å². The summed E-state index contributed by atoms with van der Waals surface area (Å²) in [6, 6.07) is 9.40. The second kappa shape index (κ2) is 5.49. The molecule has 0 fully saturated rings. The summed E-state index contributed by atoms with van der Waals surface area (Å²) in [5.74, 6) is -0.327. The number of rotatable bonds is 2. The van der Waals surface area contributed by atoms with Gasteiger partial charge in [0.25, 0.3) is 10.0 Å². The Labute approximate surface area is 143 Å². The van der Waals surface area contributed by atoms with Crippen LogP contribution in [0.1, 0.15) is 0 Å². The Bertz CT molecular complexity index is 1070. The van der Waals surface area contributed by atoms with E-state index in [0.29, 0.717) is 22.6 Å². The van der Waals surface area contributed by atoms with Crippen molar-refractivity contribution in [1.82, 2.24) is 15.0 Å². The first kappa shape index (κ1) is 15.5. The molecule has 0 saturated heterocycles. The molecule has 0 radical (unpaired) electrons. The third-order valence-corrected chi connectivity index (χ3v) is 5.70. The van der Waals surface area contributed by atoms with Crippen LogP contribution in [0.2, 0.25) is 0 Å². The highest BCUT2D eigenvalue weighted by molar-refractivity contribution is 7.93. The SMILES string of the molecule is CN1c2cnc(Nc3ccc(F)nc3)nc2-c2ccccc2S1(=O)=O. The molecule has 0 spiro atoms. The van der Waals surface area contributed by atoms with E-state index in [4.69, 9.17) is 0 Å². The van der Waals surface area contributed by atoms with Crippen molar-refractivity contribution in [3.63, 3.8) is 0 Å². The lowest BCUT2D eigenvalue weighted by molar-refractivity contribution is 0.584. The van der Waals surface area contributed by atoms with E-state index < -0.39 is 16.0 Å². The largest absolute Gasteiger partial charge is 0.323 e. The van der Waals surface area contributed by atoms with Crippen molar-refractivity contribution in [1.29, 1.82) is 0 Å². The Morgan fingerprint density at radius 1 is 1.08 bits per heavy atom. The average molecular weight is 357 g/mol. The van der Waals surface area contributed by atoms with E-state index in [0.717, 1.165) is 4.31 Å². The molecule has 0 aliphatic carbocycles. The smallest absolute Gasteiger partial charge is 0.264 e. The second-order valence-corrected chi connectivity index (χ2v) is 7.33. The number of fused-ring (bicyclic) bond motifs is 3. The molecule has 0 atom stereocenters. The van der Waals surface area contributed by atoms with Gasteiger partial charge in [-0.1, -0.05) is 18.2 Å². The molecule has 0 unspecified atom stereocenters. The summed E-state index contributed by atoms with van der Waals surface area (Å²) in [5.41, 5.74) is 1.92. The van der Waals surface area contributed by atoms with Crippen LogP contribution in [-0.2, 0) is 10.0 Å².